The summed E-state index contributed by atoms with van der Waals surface area (Å²) in [5.41, 5.74) is 1.04. The van der Waals surface area contributed by atoms with Crippen LogP contribution in [0.3, 0.4) is 0 Å². The smallest absolute Gasteiger partial charge is 0.334 e. The SMILES string of the molecule is CN1C(=O)N(CC2(F)CCOCC2)C2(CC3(CCC(n4c(=O)c(C(=N)N)c(O)n(CC5CCC5)c4=O)CC3)C2)C1=O. The summed E-state index contributed by atoms with van der Waals surface area (Å²) >= 11 is 0. The van der Waals surface area contributed by atoms with E-state index in [0.29, 0.717) is 38.5 Å². The molecule has 13 heteroatoms. The van der Waals surface area contributed by atoms with E-state index < -0.39 is 46.2 Å². The largest absolute Gasteiger partial charge is 0.494 e. The molecule has 224 valence electrons. The van der Waals surface area contributed by atoms with Crippen molar-refractivity contribution in [3.63, 3.8) is 0 Å². The number of nitrogens with one attached hydrogen (secondary N) is 1. The Kier molecular flexibility index (Phi) is 6.59. The third kappa shape index (κ3) is 4.29. The van der Waals surface area contributed by atoms with Crippen molar-refractivity contribution in [3.8, 4) is 5.88 Å². The fourth-order valence-electron chi connectivity index (χ4n) is 7.95. The summed E-state index contributed by atoms with van der Waals surface area (Å²) in [6.07, 6.45) is 6.32. The number of carbonyl (C=O) groups excluding carboxylic acids is 2. The number of hydrogen-bond acceptors (Lipinski definition) is 7. The summed E-state index contributed by atoms with van der Waals surface area (Å²) in [7, 11) is 1.45. The number of alkyl halides is 1. The molecule has 41 heavy (non-hydrogen) atoms. The molecule has 0 bridgehead atoms. The molecule has 3 heterocycles. The standard InChI is InChI=1S/C28H39FN6O6/c1-32-23(38)28(34(24(32)39)16-27(29)9-11-41-12-10-27)14-26(15-28)7-5-18(6-8-26)35-22(37)19(20(30)31)21(36)33(25(35)40)13-17-3-2-4-17/h17-18,36H,2-16H2,1H3,(H3,30,31). The third-order valence-corrected chi connectivity index (χ3v) is 10.6. The first-order valence-corrected chi connectivity index (χ1v) is 14.7. The van der Waals surface area contributed by atoms with Gasteiger partial charge in [0.05, 0.1) is 6.54 Å². The summed E-state index contributed by atoms with van der Waals surface area (Å²) in [4.78, 5) is 55.8. The number of rotatable bonds is 6. The van der Waals surface area contributed by atoms with Gasteiger partial charge in [-0.3, -0.25) is 29.0 Å². The van der Waals surface area contributed by atoms with Crippen LogP contribution in [0.2, 0.25) is 0 Å². The van der Waals surface area contributed by atoms with Crippen LogP contribution in [0.4, 0.5) is 9.18 Å². The Balaban J connectivity index is 1.22. The number of imide groups is 1. The Morgan fingerprint density at radius 3 is 2.27 bits per heavy atom. The van der Waals surface area contributed by atoms with Crippen molar-refractivity contribution in [2.75, 3.05) is 26.8 Å². The molecule has 2 spiro atoms. The number of urea groups is 1. The number of likely N-dealkylation sites (N-methyl/N-ethyl adjacent to an activating group) is 1. The van der Waals surface area contributed by atoms with Crippen molar-refractivity contribution in [2.45, 2.75) is 94.4 Å². The number of nitrogens with two attached hydrogens (primary N) is 1. The fourth-order valence-corrected chi connectivity index (χ4v) is 7.95. The number of nitrogen functional groups attached to an aromatic ring is 1. The zero-order chi connectivity index (χ0) is 29.3. The van der Waals surface area contributed by atoms with Gasteiger partial charge >= 0.3 is 11.7 Å². The van der Waals surface area contributed by atoms with Gasteiger partial charge in [0.1, 0.15) is 22.6 Å². The number of halogens is 1. The fraction of sp³-hybridized carbons (Fsp3) is 0.750. The highest BCUT2D eigenvalue weighted by molar-refractivity contribution is 6.07. The van der Waals surface area contributed by atoms with Crippen LogP contribution < -0.4 is 17.0 Å². The Labute approximate surface area is 236 Å². The Bertz CT molecular complexity index is 1390. The molecular weight excluding hydrogens is 535 g/mol. The highest BCUT2D eigenvalue weighted by Gasteiger charge is 2.68. The molecule has 3 aliphatic carbocycles. The van der Waals surface area contributed by atoms with Crippen LogP contribution in [0.5, 0.6) is 5.88 Å². The van der Waals surface area contributed by atoms with E-state index in [0.717, 1.165) is 28.7 Å². The maximum absolute atomic E-state index is 15.7. The van der Waals surface area contributed by atoms with Crippen LogP contribution in [-0.4, -0.2) is 79.8 Å². The summed E-state index contributed by atoms with van der Waals surface area (Å²) in [6.45, 7) is 0.698. The number of amides is 3. The van der Waals surface area contributed by atoms with Crippen LogP contribution in [-0.2, 0) is 16.1 Å². The number of aromatic nitrogens is 2. The maximum atomic E-state index is 15.7. The van der Waals surface area contributed by atoms with Gasteiger partial charge in [-0.05, 0) is 62.7 Å². The second-order valence-electron chi connectivity index (χ2n) is 13.1. The molecule has 4 N–H and O–H groups in total. The van der Waals surface area contributed by atoms with Crippen molar-refractivity contribution < 1.29 is 23.8 Å². The van der Waals surface area contributed by atoms with Gasteiger partial charge in [0.15, 0.2) is 0 Å². The second-order valence-corrected chi connectivity index (χ2v) is 13.1. The molecule has 0 unspecified atom stereocenters. The van der Waals surface area contributed by atoms with Crippen molar-refractivity contribution in [1.29, 1.82) is 5.41 Å². The normalized spacial score (nSPS) is 31.5. The van der Waals surface area contributed by atoms with Gasteiger partial charge in [-0.25, -0.2) is 14.0 Å². The van der Waals surface area contributed by atoms with Crippen LogP contribution in [0.1, 0.15) is 82.2 Å². The number of nitrogens with zero attached hydrogens (tertiary/aromatic N) is 4. The van der Waals surface area contributed by atoms with Gasteiger partial charge in [-0.2, -0.15) is 0 Å². The van der Waals surface area contributed by atoms with Crippen molar-refractivity contribution in [2.24, 2.45) is 17.1 Å². The van der Waals surface area contributed by atoms with Gasteiger partial charge in [0.2, 0.25) is 5.88 Å². The molecule has 5 aliphatic rings. The van der Waals surface area contributed by atoms with Crippen LogP contribution in [0.15, 0.2) is 9.59 Å². The van der Waals surface area contributed by atoms with Crippen molar-refractivity contribution in [3.05, 3.63) is 26.4 Å². The molecule has 3 amide bonds. The lowest BCUT2D eigenvalue weighted by atomic mass is 9.51. The Morgan fingerprint density at radius 1 is 1.07 bits per heavy atom. The lowest BCUT2D eigenvalue weighted by molar-refractivity contribution is -0.152. The zero-order valence-electron chi connectivity index (χ0n) is 23.5. The molecule has 0 atom stereocenters. The number of hydrogen-bond donors (Lipinski definition) is 3. The summed E-state index contributed by atoms with van der Waals surface area (Å²) < 4.78 is 23.3. The highest BCUT2D eigenvalue weighted by atomic mass is 19.1. The molecule has 5 fully saturated rings. The van der Waals surface area contributed by atoms with E-state index in [1.54, 1.807) is 0 Å². The van der Waals surface area contributed by atoms with Crippen LogP contribution in [0.25, 0.3) is 0 Å². The minimum absolute atomic E-state index is 0.138. The Hall–Kier alpha value is -3.22. The molecule has 2 saturated heterocycles. The van der Waals surface area contributed by atoms with Gasteiger partial charge in [-0.1, -0.05) is 6.42 Å². The summed E-state index contributed by atoms with van der Waals surface area (Å²) in [5.74, 6) is -1.21. The van der Waals surface area contributed by atoms with Crippen molar-refractivity contribution >= 4 is 17.8 Å². The number of aromatic hydroxyl groups is 1. The predicted molar refractivity (Wildman–Crippen MR) is 146 cm³/mol. The monoisotopic (exact) mass is 574 g/mol. The number of carbonyl (C=O) groups is 2. The van der Waals surface area contributed by atoms with Gasteiger partial charge in [-0.15, -0.1) is 0 Å². The van der Waals surface area contributed by atoms with E-state index in [1.807, 2.05) is 0 Å². The summed E-state index contributed by atoms with van der Waals surface area (Å²) in [5, 5.41) is 18.6. The lowest BCUT2D eigenvalue weighted by Crippen LogP contribution is -2.66. The second kappa shape index (κ2) is 9.67. The Morgan fingerprint density at radius 2 is 1.71 bits per heavy atom. The molecule has 12 nitrogen and oxygen atoms in total. The van der Waals surface area contributed by atoms with Crippen molar-refractivity contribution in [1.82, 2.24) is 18.9 Å². The maximum Gasteiger partial charge on any atom is 0.334 e. The summed E-state index contributed by atoms with van der Waals surface area (Å²) in [6, 6.07) is -0.916. The van der Waals surface area contributed by atoms with E-state index in [4.69, 9.17) is 15.9 Å². The van der Waals surface area contributed by atoms with Gasteiger partial charge < -0.3 is 20.5 Å². The third-order valence-electron chi connectivity index (χ3n) is 10.6. The van der Waals surface area contributed by atoms with E-state index in [1.165, 1.54) is 16.5 Å². The topological polar surface area (TPSA) is 164 Å². The minimum Gasteiger partial charge on any atom is -0.494 e. The first-order chi connectivity index (χ1) is 19.4. The van der Waals surface area contributed by atoms with E-state index in [-0.39, 0.29) is 61.9 Å². The first kappa shape index (κ1) is 27.9. The highest BCUT2D eigenvalue weighted by Crippen LogP contribution is 2.62. The molecule has 0 aromatic carbocycles. The molecule has 6 rings (SSSR count). The van der Waals surface area contributed by atoms with Gasteiger partial charge in [0, 0.05) is 45.7 Å². The zero-order valence-corrected chi connectivity index (χ0v) is 23.5. The molecule has 2 aliphatic heterocycles. The predicted octanol–water partition coefficient (Wildman–Crippen LogP) is 1.85. The average molecular weight is 575 g/mol. The van der Waals surface area contributed by atoms with E-state index in [9.17, 15) is 24.3 Å². The number of ether oxygens (including phenoxy) is 1. The van der Waals surface area contributed by atoms with Gasteiger partial charge in [0.25, 0.3) is 11.5 Å². The van der Waals surface area contributed by atoms with Crippen LogP contribution >= 0.6 is 0 Å². The van der Waals surface area contributed by atoms with E-state index >= 15 is 4.39 Å². The average Bonchev–Trinajstić information content (AvgIpc) is 3.05. The quantitative estimate of drug-likeness (QED) is 0.265. The van der Waals surface area contributed by atoms with E-state index in [2.05, 4.69) is 0 Å². The molecule has 1 aromatic heterocycles. The lowest BCUT2D eigenvalue weighted by Gasteiger charge is -2.59. The molecule has 1 aromatic rings. The minimum atomic E-state index is -1.60. The molecule has 3 saturated carbocycles. The molecular formula is C28H39FN6O6. The molecule has 0 radical (unpaired) electrons. The first-order valence-electron chi connectivity index (χ1n) is 14.7. The number of amidine groups is 1. The van der Waals surface area contributed by atoms with Crippen LogP contribution in [0, 0.1) is 16.7 Å².